The number of ketones is 1. The van der Waals surface area contributed by atoms with Gasteiger partial charge in [-0.2, -0.15) is 0 Å². The predicted molar refractivity (Wildman–Crippen MR) is 112 cm³/mol. The van der Waals surface area contributed by atoms with Gasteiger partial charge < -0.3 is 10.0 Å². The van der Waals surface area contributed by atoms with Gasteiger partial charge in [-0.25, -0.2) is 0 Å². The molecule has 3 aromatic rings. The van der Waals surface area contributed by atoms with E-state index in [-0.39, 0.29) is 17.9 Å². The van der Waals surface area contributed by atoms with Gasteiger partial charge in [-0.3, -0.25) is 9.59 Å². The number of Topliss-reactive ketones (excluding diaryl/α,β-unsaturated/α-hetero) is 1. The summed E-state index contributed by atoms with van der Waals surface area (Å²) in [5.41, 5.74) is 3.41. The molecule has 1 aliphatic rings. The van der Waals surface area contributed by atoms with E-state index in [0.29, 0.717) is 5.56 Å². The quantitative estimate of drug-likeness (QED) is 0.406. The molecule has 1 fully saturated rings. The second-order valence-electron chi connectivity index (χ2n) is 7.19. The lowest BCUT2D eigenvalue weighted by Crippen LogP contribution is -2.29. The molecule has 1 heterocycles. The predicted octanol–water partition coefficient (Wildman–Crippen LogP) is 4.62. The zero-order chi connectivity index (χ0) is 20.4. The molecule has 1 amide bonds. The van der Waals surface area contributed by atoms with Gasteiger partial charge in [0.1, 0.15) is 5.76 Å². The van der Waals surface area contributed by atoms with Gasteiger partial charge in [0.05, 0.1) is 11.6 Å². The van der Waals surface area contributed by atoms with Gasteiger partial charge in [0.2, 0.25) is 0 Å². The van der Waals surface area contributed by atoms with Crippen molar-refractivity contribution in [3.63, 3.8) is 0 Å². The molecule has 0 spiro atoms. The van der Waals surface area contributed by atoms with Crippen LogP contribution in [0.5, 0.6) is 0 Å². The number of hydrogen-bond donors (Lipinski definition) is 1. The lowest BCUT2D eigenvalue weighted by atomic mass is 9.95. The largest absolute Gasteiger partial charge is 0.507 e. The Bertz CT molecular complexity index is 1070. The summed E-state index contributed by atoms with van der Waals surface area (Å²) in [6.07, 6.45) is 0. The molecule has 1 saturated heterocycles. The number of hydrogen-bond acceptors (Lipinski definition) is 3. The maximum Gasteiger partial charge on any atom is 0.295 e. The molecule has 1 unspecified atom stereocenters. The van der Waals surface area contributed by atoms with Crippen LogP contribution in [0, 0.1) is 6.92 Å². The molecule has 1 atom stereocenters. The first kappa shape index (κ1) is 18.7. The second kappa shape index (κ2) is 7.76. The fourth-order valence-corrected chi connectivity index (χ4v) is 3.67. The lowest BCUT2D eigenvalue weighted by Gasteiger charge is -2.25. The molecule has 0 bridgehead atoms. The first-order valence-corrected chi connectivity index (χ1v) is 9.50. The number of aliphatic hydroxyl groups excluding tert-OH is 1. The molecule has 4 rings (SSSR count). The van der Waals surface area contributed by atoms with Crippen LogP contribution in [0.25, 0.3) is 5.76 Å². The van der Waals surface area contributed by atoms with E-state index < -0.39 is 17.7 Å². The van der Waals surface area contributed by atoms with E-state index in [0.717, 1.165) is 16.7 Å². The van der Waals surface area contributed by atoms with E-state index in [2.05, 4.69) is 0 Å². The van der Waals surface area contributed by atoms with Gasteiger partial charge in [0.15, 0.2) is 0 Å². The van der Waals surface area contributed by atoms with Crippen molar-refractivity contribution in [2.24, 2.45) is 0 Å². The van der Waals surface area contributed by atoms with Crippen molar-refractivity contribution < 1.29 is 14.7 Å². The first-order valence-electron chi connectivity index (χ1n) is 9.50. The van der Waals surface area contributed by atoms with Crippen molar-refractivity contribution in [3.8, 4) is 0 Å². The summed E-state index contributed by atoms with van der Waals surface area (Å²) in [6, 6.07) is 25.5. The highest BCUT2D eigenvalue weighted by atomic mass is 16.3. The number of amides is 1. The molecule has 144 valence electrons. The van der Waals surface area contributed by atoms with E-state index in [1.165, 1.54) is 4.90 Å². The average molecular weight is 383 g/mol. The van der Waals surface area contributed by atoms with Gasteiger partial charge in [-0.1, -0.05) is 90.5 Å². The van der Waals surface area contributed by atoms with Crippen molar-refractivity contribution in [2.45, 2.75) is 19.5 Å². The van der Waals surface area contributed by atoms with Crippen LogP contribution in [0.4, 0.5) is 0 Å². The van der Waals surface area contributed by atoms with E-state index >= 15 is 0 Å². The van der Waals surface area contributed by atoms with Gasteiger partial charge in [-0.15, -0.1) is 0 Å². The van der Waals surface area contributed by atoms with Crippen LogP contribution in [0.2, 0.25) is 0 Å². The van der Waals surface area contributed by atoms with E-state index in [9.17, 15) is 14.7 Å². The third kappa shape index (κ3) is 3.57. The third-order valence-corrected chi connectivity index (χ3v) is 5.18. The summed E-state index contributed by atoms with van der Waals surface area (Å²) >= 11 is 0. The first-order chi connectivity index (χ1) is 14.1. The smallest absolute Gasteiger partial charge is 0.295 e. The summed E-state index contributed by atoms with van der Waals surface area (Å²) in [4.78, 5) is 27.4. The third-order valence-electron chi connectivity index (χ3n) is 5.18. The zero-order valence-corrected chi connectivity index (χ0v) is 16.1. The molecular formula is C25H21NO3. The number of carbonyl (C=O) groups is 2. The van der Waals surface area contributed by atoms with Crippen LogP contribution in [-0.2, 0) is 16.1 Å². The average Bonchev–Trinajstić information content (AvgIpc) is 3.00. The fraction of sp³-hybridized carbons (Fsp3) is 0.120. The summed E-state index contributed by atoms with van der Waals surface area (Å²) in [6.45, 7) is 2.24. The number of aliphatic hydroxyl groups is 1. The highest BCUT2D eigenvalue weighted by Crippen LogP contribution is 2.40. The van der Waals surface area contributed by atoms with Crippen molar-refractivity contribution in [1.29, 1.82) is 0 Å². The topological polar surface area (TPSA) is 57.6 Å². The molecule has 1 N–H and O–H groups in total. The Kier molecular flexibility index (Phi) is 5.00. The normalized spacial score (nSPS) is 18.2. The maximum absolute atomic E-state index is 13.0. The highest BCUT2D eigenvalue weighted by molar-refractivity contribution is 6.46. The van der Waals surface area contributed by atoms with Crippen molar-refractivity contribution in [3.05, 3.63) is 113 Å². The van der Waals surface area contributed by atoms with Crippen LogP contribution >= 0.6 is 0 Å². The minimum absolute atomic E-state index is 0.126. The zero-order valence-electron chi connectivity index (χ0n) is 16.1. The monoisotopic (exact) mass is 383 g/mol. The molecule has 29 heavy (non-hydrogen) atoms. The number of rotatable bonds is 4. The van der Waals surface area contributed by atoms with E-state index in [4.69, 9.17) is 0 Å². The van der Waals surface area contributed by atoms with Crippen LogP contribution < -0.4 is 0 Å². The molecule has 3 aromatic carbocycles. The van der Waals surface area contributed by atoms with E-state index in [1.807, 2.05) is 79.7 Å². The van der Waals surface area contributed by atoms with Crippen LogP contribution in [0.1, 0.15) is 28.3 Å². The highest BCUT2D eigenvalue weighted by Gasteiger charge is 2.45. The molecule has 0 saturated carbocycles. The second-order valence-corrected chi connectivity index (χ2v) is 7.19. The van der Waals surface area contributed by atoms with Gasteiger partial charge in [-0.05, 0) is 18.1 Å². The molecule has 0 aliphatic carbocycles. The lowest BCUT2D eigenvalue weighted by molar-refractivity contribution is -0.140. The summed E-state index contributed by atoms with van der Waals surface area (Å²) in [5, 5.41) is 11.0. The standard InChI is InChI=1S/C25H21NO3/c1-17-12-14-20(15-13-17)23(27)21-22(19-10-6-3-7-11-19)26(25(29)24(21)28)16-18-8-4-2-5-9-18/h2-15,22,27H,16H2,1H3/b23-21-. The molecule has 4 heteroatoms. The number of benzene rings is 3. The molecule has 1 aliphatic heterocycles. The van der Waals surface area contributed by atoms with Gasteiger partial charge >= 0.3 is 0 Å². The number of likely N-dealkylation sites (tertiary alicyclic amines) is 1. The number of nitrogens with zero attached hydrogens (tertiary/aromatic N) is 1. The minimum atomic E-state index is -0.659. The molecular weight excluding hydrogens is 362 g/mol. The Hall–Kier alpha value is -3.66. The minimum Gasteiger partial charge on any atom is -0.507 e. The SMILES string of the molecule is Cc1ccc(/C(O)=C2/C(=O)C(=O)N(Cc3ccccc3)C2c2ccccc2)cc1. The molecule has 0 aromatic heterocycles. The summed E-state index contributed by atoms with van der Waals surface area (Å²) < 4.78 is 0. The Morgan fingerprint density at radius 3 is 2.07 bits per heavy atom. The molecule has 4 nitrogen and oxygen atoms in total. The van der Waals surface area contributed by atoms with Crippen LogP contribution in [0.15, 0.2) is 90.5 Å². The number of aryl methyl sites for hydroxylation is 1. The van der Waals surface area contributed by atoms with Crippen molar-refractivity contribution in [1.82, 2.24) is 4.90 Å². The summed E-state index contributed by atoms with van der Waals surface area (Å²) in [7, 11) is 0. The van der Waals surface area contributed by atoms with Gasteiger partial charge in [0, 0.05) is 12.1 Å². The van der Waals surface area contributed by atoms with Crippen molar-refractivity contribution in [2.75, 3.05) is 0 Å². The van der Waals surface area contributed by atoms with E-state index in [1.54, 1.807) is 12.1 Å². The van der Waals surface area contributed by atoms with Crippen molar-refractivity contribution >= 4 is 17.4 Å². The summed E-state index contributed by atoms with van der Waals surface area (Å²) in [5.74, 6) is -1.41. The Labute approximate surface area is 169 Å². The Morgan fingerprint density at radius 1 is 0.862 bits per heavy atom. The van der Waals surface area contributed by atoms with Crippen LogP contribution in [-0.4, -0.2) is 21.7 Å². The fourth-order valence-electron chi connectivity index (χ4n) is 3.67. The van der Waals surface area contributed by atoms with Crippen LogP contribution in [0.3, 0.4) is 0 Å². The number of carbonyl (C=O) groups excluding carboxylic acids is 2. The maximum atomic E-state index is 13.0. The Morgan fingerprint density at radius 2 is 1.45 bits per heavy atom. The Balaban J connectivity index is 1.85. The molecule has 0 radical (unpaired) electrons. The van der Waals surface area contributed by atoms with Gasteiger partial charge in [0.25, 0.3) is 11.7 Å².